The van der Waals surface area contributed by atoms with Gasteiger partial charge in [0.15, 0.2) is 0 Å². The van der Waals surface area contributed by atoms with Gasteiger partial charge in [0.1, 0.15) is 25.1 Å². The van der Waals surface area contributed by atoms with Gasteiger partial charge in [-0.3, -0.25) is 4.79 Å². The van der Waals surface area contributed by atoms with Gasteiger partial charge in [0.05, 0.1) is 6.10 Å². The molecule has 0 aromatic rings. The second-order valence-corrected chi connectivity index (χ2v) is 18.2. The summed E-state index contributed by atoms with van der Waals surface area (Å²) in [6.07, 6.45) is 2.97. The summed E-state index contributed by atoms with van der Waals surface area (Å²) in [6, 6.07) is -0.282. The number of alkyl carbamates (subject to hydrolysis) is 1. The van der Waals surface area contributed by atoms with Crippen molar-refractivity contribution in [3.8, 4) is 0 Å². The molecule has 0 radical (unpaired) electrons. The fourth-order valence-electron chi connectivity index (χ4n) is 9.37. The van der Waals surface area contributed by atoms with Crippen molar-refractivity contribution in [1.29, 1.82) is 0 Å². The summed E-state index contributed by atoms with van der Waals surface area (Å²) in [5.41, 5.74) is -0.526. The number of fused-ring (bicyclic) bond motifs is 5. The minimum atomic E-state index is -1.75. The predicted octanol–water partition coefficient (Wildman–Crippen LogP) is 8.22. The van der Waals surface area contributed by atoms with Crippen molar-refractivity contribution in [1.82, 2.24) is 5.32 Å². The Balaban J connectivity index is 1.62. The quantitative estimate of drug-likeness (QED) is 0.208. The molecule has 1 N–H and O–H groups in total. The number of alkyl halides is 6. The van der Waals surface area contributed by atoms with Gasteiger partial charge < -0.3 is 24.3 Å². The highest BCUT2D eigenvalue weighted by Crippen LogP contribution is 2.67. The minimum Gasteiger partial charge on any atom is -0.445 e. The van der Waals surface area contributed by atoms with E-state index in [9.17, 15) is 14.4 Å². The molecule has 0 spiro atoms. The number of amides is 1. The van der Waals surface area contributed by atoms with Gasteiger partial charge in [0, 0.05) is 18.6 Å². The average Bonchev–Trinajstić information content (AvgIpc) is 3.23. The zero-order valence-corrected chi connectivity index (χ0v) is 29.4. The van der Waals surface area contributed by atoms with E-state index in [2.05, 4.69) is 19.2 Å². The molecule has 4 fully saturated rings. The molecule has 0 heterocycles. The Morgan fingerprint density at radius 1 is 0.860 bits per heavy atom. The second kappa shape index (κ2) is 13.6. The molecule has 1 amide bonds. The Kier molecular flexibility index (Phi) is 11.3. The summed E-state index contributed by atoms with van der Waals surface area (Å²) in [5, 5.41) is 3.14. The van der Waals surface area contributed by atoms with E-state index >= 15 is 0 Å². The predicted molar refractivity (Wildman–Crippen MR) is 167 cm³/mol. The van der Waals surface area contributed by atoms with E-state index in [-0.39, 0.29) is 52.9 Å². The molecule has 0 aliphatic heterocycles. The first-order valence-corrected chi connectivity index (χ1v) is 17.2. The lowest BCUT2D eigenvalue weighted by molar-refractivity contribution is -0.182. The van der Waals surface area contributed by atoms with Crippen molar-refractivity contribution in [2.24, 2.45) is 40.4 Å². The standard InChI is InChI=1S/C29H41Cl6NO7/c1-5-40-22-12-26(3)16(10-21(22)43-25(39)42-14-29(33,34)35)6-7-17-19-9-8-18(15(2)37)27(19,4)11-20(23(17)26)36-24(38)41-13-28(30,31)32/h16-23H,5-14H2,1-4H3,(H,36,38)/t16?,17-,18+,19-,20?,21?,22?,23+,26-,27+/m0/s1. The van der Waals surface area contributed by atoms with Crippen LogP contribution < -0.4 is 5.32 Å². The number of halogens is 6. The van der Waals surface area contributed by atoms with E-state index in [1.807, 2.05) is 6.92 Å². The first-order chi connectivity index (χ1) is 19.9. The highest BCUT2D eigenvalue weighted by molar-refractivity contribution is 6.68. The molecule has 4 saturated carbocycles. The largest absolute Gasteiger partial charge is 0.508 e. The highest BCUT2D eigenvalue weighted by Gasteiger charge is 2.65. The van der Waals surface area contributed by atoms with Crippen LogP contribution in [-0.4, -0.2) is 63.7 Å². The molecule has 0 aromatic carbocycles. The van der Waals surface area contributed by atoms with Gasteiger partial charge >= 0.3 is 12.2 Å². The number of hydrogen-bond donors (Lipinski definition) is 1. The molecule has 0 aromatic heterocycles. The normalized spacial score (nSPS) is 39.1. The third kappa shape index (κ3) is 8.08. The van der Waals surface area contributed by atoms with Gasteiger partial charge in [-0.1, -0.05) is 83.5 Å². The molecular formula is C29H41Cl6NO7. The number of carbonyl (C=O) groups excluding carboxylic acids is 3. The van der Waals surface area contributed by atoms with Crippen LogP contribution in [0.15, 0.2) is 0 Å². The van der Waals surface area contributed by atoms with Gasteiger partial charge in [0.2, 0.25) is 7.59 Å². The summed E-state index contributed by atoms with van der Waals surface area (Å²) >= 11 is 34.7. The van der Waals surface area contributed by atoms with Crippen LogP contribution in [0.5, 0.6) is 0 Å². The topological polar surface area (TPSA) is 100 Å². The lowest BCUT2D eigenvalue weighted by Crippen LogP contribution is -2.64. The third-order valence-corrected chi connectivity index (χ3v) is 11.4. The molecular weight excluding hydrogens is 687 g/mol. The molecule has 0 saturated heterocycles. The van der Waals surface area contributed by atoms with Crippen LogP contribution in [0.4, 0.5) is 9.59 Å². The number of Topliss-reactive ketones (excluding diaryl/α,β-unsaturated/α-hetero) is 1. The van der Waals surface area contributed by atoms with Crippen molar-refractivity contribution in [3.05, 3.63) is 0 Å². The van der Waals surface area contributed by atoms with Crippen molar-refractivity contribution in [3.63, 3.8) is 0 Å². The number of ketones is 1. The van der Waals surface area contributed by atoms with Gasteiger partial charge in [-0.25, -0.2) is 9.59 Å². The molecule has 0 bridgehead atoms. The second-order valence-electron chi connectivity index (χ2n) is 13.2. The Bertz CT molecular complexity index is 1050. The van der Waals surface area contributed by atoms with E-state index in [4.69, 9.17) is 88.6 Å². The average molecular weight is 728 g/mol. The molecule has 43 heavy (non-hydrogen) atoms. The maximum Gasteiger partial charge on any atom is 0.508 e. The Hall–Kier alpha value is -0.0900. The van der Waals surface area contributed by atoms with Gasteiger partial charge in [0.25, 0.3) is 0 Å². The van der Waals surface area contributed by atoms with Crippen LogP contribution in [0.2, 0.25) is 0 Å². The van der Waals surface area contributed by atoms with Crippen LogP contribution in [0.1, 0.15) is 72.6 Å². The molecule has 246 valence electrons. The minimum absolute atomic E-state index is 0.0653. The Morgan fingerprint density at radius 3 is 2.12 bits per heavy atom. The summed E-state index contributed by atoms with van der Waals surface area (Å²) in [6.45, 7) is 7.64. The van der Waals surface area contributed by atoms with Crippen molar-refractivity contribution < 1.29 is 33.3 Å². The number of ether oxygens (including phenoxy) is 4. The van der Waals surface area contributed by atoms with E-state index in [1.54, 1.807) is 6.92 Å². The first-order valence-electron chi connectivity index (χ1n) is 14.9. The third-order valence-electron chi connectivity index (χ3n) is 10.7. The van der Waals surface area contributed by atoms with Crippen LogP contribution >= 0.6 is 69.6 Å². The van der Waals surface area contributed by atoms with Crippen LogP contribution in [-0.2, 0) is 23.7 Å². The van der Waals surface area contributed by atoms with Gasteiger partial charge in [-0.15, -0.1) is 0 Å². The zero-order valence-electron chi connectivity index (χ0n) is 24.8. The number of carbonyl (C=O) groups is 3. The lowest BCUT2D eigenvalue weighted by Gasteiger charge is -2.64. The maximum absolute atomic E-state index is 13.1. The lowest BCUT2D eigenvalue weighted by atomic mass is 9.43. The van der Waals surface area contributed by atoms with E-state index in [0.717, 1.165) is 25.7 Å². The Morgan fingerprint density at radius 2 is 1.51 bits per heavy atom. The SMILES string of the molecule is CCOC1C[C@@]2(C)C(CC[C@H]3[C@@H]4CC[C@H](C(C)=O)[C@@]4(C)CC(NC(=O)OCC(Cl)(Cl)Cl)[C@@H]32)CC1OC(=O)OCC(Cl)(Cl)Cl. The fraction of sp³-hybridized carbons (Fsp3) is 0.897. The summed E-state index contributed by atoms with van der Waals surface area (Å²) in [5.74, 6) is 0.983. The maximum atomic E-state index is 13.1. The first kappa shape index (κ1) is 35.8. The van der Waals surface area contributed by atoms with E-state index in [0.29, 0.717) is 31.8 Å². The molecule has 4 rings (SSSR count). The van der Waals surface area contributed by atoms with Crippen molar-refractivity contribution in [2.75, 3.05) is 19.8 Å². The highest BCUT2D eigenvalue weighted by atomic mass is 35.6. The molecule has 4 aliphatic rings. The molecule has 4 aliphatic carbocycles. The van der Waals surface area contributed by atoms with E-state index in [1.165, 1.54) is 0 Å². The molecule has 10 atom stereocenters. The summed E-state index contributed by atoms with van der Waals surface area (Å²) in [7, 11) is 0. The molecule has 8 nitrogen and oxygen atoms in total. The Labute approximate surface area is 283 Å². The van der Waals surface area contributed by atoms with Crippen molar-refractivity contribution in [2.45, 2.75) is 98.5 Å². The number of hydrogen-bond acceptors (Lipinski definition) is 7. The van der Waals surface area contributed by atoms with Crippen LogP contribution in [0, 0.1) is 40.4 Å². The van der Waals surface area contributed by atoms with E-state index < -0.39 is 38.6 Å². The molecule has 14 heteroatoms. The monoisotopic (exact) mass is 725 g/mol. The summed E-state index contributed by atoms with van der Waals surface area (Å²) < 4.78 is 18.8. The number of nitrogens with one attached hydrogen (secondary N) is 1. The number of rotatable bonds is 7. The van der Waals surface area contributed by atoms with Gasteiger partial charge in [-0.2, -0.15) is 0 Å². The smallest absolute Gasteiger partial charge is 0.445 e. The van der Waals surface area contributed by atoms with Gasteiger partial charge in [-0.05, 0) is 93.3 Å². The van der Waals surface area contributed by atoms with Crippen molar-refractivity contribution >= 4 is 87.6 Å². The van der Waals surface area contributed by atoms with Crippen LogP contribution in [0.3, 0.4) is 0 Å². The van der Waals surface area contributed by atoms with Crippen LogP contribution in [0.25, 0.3) is 0 Å². The summed E-state index contributed by atoms with van der Waals surface area (Å²) in [4.78, 5) is 38.4. The zero-order chi connectivity index (χ0) is 32.0. The molecule has 4 unspecified atom stereocenters. The fourth-order valence-corrected chi connectivity index (χ4v) is 9.70.